The standard InChI is InChI=1S/C19H21N5O3/c25-18(22-15-7-9-27-12-15)13-3-5-16(6-4-13)24(17-2-1-8-21-23-17)19(26)14-10-20-11-14/h1-6,8,14-15,20H,7,9-12H2,(H,22,25)/t15-/m1/s1. The van der Waals surface area contributed by atoms with Crippen LogP contribution in [-0.4, -0.2) is 54.4 Å². The van der Waals surface area contributed by atoms with Gasteiger partial charge in [-0.3, -0.25) is 14.5 Å². The van der Waals surface area contributed by atoms with Crippen LogP contribution in [-0.2, 0) is 9.53 Å². The molecule has 0 radical (unpaired) electrons. The number of amides is 2. The zero-order valence-electron chi connectivity index (χ0n) is 14.8. The summed E-state index contributed by atoms with van der Waals surface area (Å²) in [5, 5.41) is 14.0. The summed E-state index contributed by atoms with van der Waals surface area (Å²) in [5.74, 6) is 0.208. The van der Waals surface area contributed by atoms with Gasteiger partial charge in [-0.15, -0.1) is 5.10 Å². The molecule has 1 aromatic heterocycles. The highest BCUT2D eigenvalue weighted by Gasteiger charge is 2.32. The van der Waals surface area contributed by atoms with Crippen LogP contribution in [0.4, 0.5) is 11.5 Å². The molecule has 140 valence electrons. The maximum Gasteiger partial charge on any atom is 0.251 e. The molecular formula is C19H21N5O3. The molecule has 4 rings (SSSR count). The van der Waals surface area contributed by atoms with Gasteiger partial charge in [-0.1, -0.05) is 0 Å². The van der Waals surface area contributed by atoms with Crippen molar-refractivity contribution in [1.82, 2.24) is 20.8 Å². The van der Waals surface area contributed by atoms with Crippen LogP contribution < -0.4 is 15.5 Å². The molecule has 2 saturated heterocycles. The van der Waals surface area contributed by atoms with Crippen LogP contribution in [0.25, 0.3) is 0 Å². The number of nitrogens with zero attached hydrogens (tertiary/aromatic N) is 3. The SMILES string of the molecule is O=C(N[C@@H]1CCOC1)c1ccc(N(C(=O)C2CNC2)c2cccnn2)cc1. The molecule has 2 aliphatic heterocycles. The van der Waals surface area contributed by atoms with E-state index in [0.29, 0.717) is 43.4 Å². The zero-order valence-corrected chi connectivity index (χ0v) is 14.8. The summed E-state index contributed by atoms with van der Waals surface area (Å²) in [6, 6.07) is 10.5. The van der Waals surface area contributed by atoms with Gasteiger partial charge in [0.05, 0.1) is 24.3 Å². The van der Waals surface area contributed by atoms with E-state index in [-0.39, 0.29) is 23.8 Å². The largest absolute Gasteiger partial charge is 0.379 e. The lowest BCUT2D eigenvalue weighted by Gasteiger charge is -2.31. The van der Waals surface area contributed by atoms with E-state index in [1.807, 2.05) is 0 Å². The van der Waals surface area contributed by atoms with Gasteiger partial charge in [0.15, 0.2) is 5.82 Å². The maximum absolute atomic E-state index is 12.9. The van der Waals surface area contributed by atoms with Gasteiger partial charge < -0.3 is 15.4 Å². The number of carbonyl (C=O) groups excluding carboxylic acids is 2. The maximum atomic E-state index is 12.9. The summed E-state index contributed by atoms with van der Waals surface area (Å²) < 4.78 is 5.28. The molecule has 2 amide bonds. The number of rotatable bonds is 5. The molecule has 0 aliphatic carbocycles. The predicted octanol–water partition coefficient (Wildman–Crippen LogP) is 0.879. The van der Waals surface area contributed by atoms with Crippen molar-refractivity contribution in [2.75, 3.05) is 31.2 Å². The van der Waals surface area contributed by atoms with Crippen molar-refractivity contribution in [3.63, 3.8) is 0 Å². The molecule has 8 heteroatoms. The fourth-order valence-electron chi connectivity index (χ4n) is 3.11. The lowest BCUT2D eigenvalue weighted by molar-refractivity contribution is -0.123. The molecule has 8 nitrogen and oxygen atoms in total. The fraction of sp³-hybridized carbons (Fsp3) is 0.368. The highest BCUT2D eigenvalue weighted by atomic mass is 16.5. The van der Waals surface area contributed by atoms with Crippen LogP contribution in [0.5, 0.6) is 0 Å². The molecule has 2 N–H and O–H groups in total. The van der Waals surface area contributed by atoms with E-state index < -0.39 is 0 Å². The molecule has 3 heterocycles. The van der Waals surface area contributed by atoms with Gasteiger partial charge in [-0.2, -0.15) is 5.10 Å². The minimum absolute atomic E-state index is 0.0328. The van der Waals surface area contributed by atoms with Crippen molar-refractivity contribution >= 4 is 23.3 Å². The van der Waals surface area contributed by atoms with Crippen LogP contribution in [0, 0.1) is 5.92 Å². The Hall–Kier alpha value is -2.84. The molecule has 1 atom stereocenters. The van der Waals surface area contributed by atoms with E-state index in [9.17, 15) is 9.59 Å². The molecule has 2 fully saturated rings. The minimum atomic E-state index is -0.141. The van der Waals surface area contributed by atoms with Gasteiger partial charge in [0, 0.05) is 31.5 Å². The van der Waals surface area contributed by atoms with Gasteiger partial charge in [-0.05, 0) is 42.8 Å². The smallest absolute Gasteiger partial charge is 0.251 e. The summed E-state index contributed by atoms with van der Waals surface area (Å²) >= 11 is 0. The van der Waals surface area contributed by atoms with Gasteiger partial charge in [0.25, 0.3) is 5.91 Å². The first-order valence-electron chi connectivity index (χ1n) is 9.03. The molecular weight excluding hydrogens is 346 g/mol. The molecule has 2 aromatic rings. The molecule has 1 aromatic carbocycles. The minimum Gasteiger partial charge on any atom is -0.379 e. The van der Waals surface area contributed by atoms with Gasteiger partial charge >= 0.3 is 0 Å². The Morgan fingerprint density at radius 2 is 2.00 bits per heavy atom. The van der Waals surface area contributed by atoms with Gasteiger partial charge in [0.2, 0.25) is 5.91 Å². The first-order chi connectivity index (χ1) is 13.2. The van der Waals surface area contributed by atoms with Crippen LogP contribution in [0.3, 0.4) is 0 Å². The molecule has 0 unspecified atom stereocenters. The van der Waals surface area contributed by atoms with E-state index >= 15 is 0 Å². The van der Waals surface area contributed by atoms with E-state index in [1.165, 1.54) is 0 Å². The lowest BCUT2D eigenvalue weighted by Crippen LogP contribution is -2.51. The van der Waals surface area contributed by atoms with Crippen molar-refractivity contribution < 1.29 is 14.3 Å². The van der Waals surface area contributed by atoms with E-state index in [0.717, 1.165) is 6.42 Å². The van der Waals surface area contributed by atoms with Crippen molar-refractivity contribution in [2.24, 2.45) is 5.92 Å². The Balaban J connectivity index is 1.55. The quantitative estimate of drug-likeness (QED) is 0.814. The number of ether oxygens (including phenoxy) is 1. The third-order valence-corrected chi connectivity index (χ3v) is 4.79. The second-order valence-electron chi connectivity index (χ2n) is 6.69. The van der Waals surface area contributed by atoms with Crippen LogP contribution in [0.2, 0.25) is 0 Å². The second-order valence-corrected chi connectivity index (χ2v) is 6.69. The number of carbonyl (C=O) groups is 2. The van der Waals surface area contributed by atoms with E-state index in [2.05, 4.69) is 20.8 Å². The monoisotopic (exact) mass is 367 g/mol. The Bertz CT molecular complexity index is 802. The highest BCUT2D eigenvalue weighted by Crippen LogP contribution is 2.26. The summed E-state index contributed by atoms with van der Waals surface area (Å²) in [6.07, 6.45) is 2.39. The van der Waals surface area contributed by atoms with Crippen LogP contribution >= 0.6 is 0 Å². The Labute approximate surface area is 156 Å². The number of anilines is 2. The Kier molecular flexibility index (Phi) is 5.08. The lowest BCUT2D eigenvalue weighted by atomic mass is 10.0. The third kappa shape index (κ3) is 3.81. The van der Waals surface area contributed by atoms with E-state index in [4.69, 9.17) is 4.74 Å². The van der Waals surface area contributed by atoms with Crippen LogP contribution in [0.1, 0.15) is 16.8 Å². The summed E-state index contributed by atoms with van der Waals surface area (Å²) in [4.78, 5) is 26.8. The van der Waals surface area contributed by atoms with E-state index in [1.54, 1.807) is 47.5 Å². The normalized spacial score (nSPS) is 19.3. The summed E-state index contributed by atoms with van der Waals surface area (Å²) in [6.45, 7) is 2.53. The topological polar surface area (TPSA) is 96.5 Å². The number of hydrogen-bond donors (Lipinski definition) is 2. The summed E-state index contributed by atoms with van der Waals surface area (Å²) in [5.41, 5.74) is 1.20. The molecule has 2 aliphatic rings. The average molecular weight is 367 g/mol. The molecule has 0 saturated carbocycles. The summed E-state index contributed by atoms with van der Waals surface area (Å²) in [7, 11) is 0. The van der Waals surface area contributed by atoms with Gasteiger partial charge in [0.1, 0.15) is 0 Å². The number of nitrogens with one attached hydrogen (secondary N) is 2. The van der Waals surface area contributed by atoms with Crippen molar-refractivity contribution in [3.8, 4) is 0 Å². The molecule has 27 heavy (non-hydrogen) atoms. The van der Waals surface area contributed by atoms with Crippen molar-refractivity contribution in [3.05, 3.63) is 48.2 Å². The Morgan fingerprint density at radius 1 is 1.19 bits per heavy atom. The predicted molar refractivity (Wildman–Crippen MR) is 98.7 cm³/mol. The number of benzene rings is 1. The zero-order chi connectivity index (χ0) is 18.6. The first-order valence-corrected chi connectivity index (χ1v) is 9.03. The fourth-order valence-corrected chi connectivity index (χ4v) is 3.11. The highest BCUT2D eigenvalue weighted by molar-refractivity contribution is 6.02. The van der Waals surface area contributed by atoms with Gasteiger partial charge in [-0.25, -0.2) is 0 Å². The van der Waals surface area contributed by atoms with Crippen LogP contribution in [0.15, 0.2) is 42.6 Å². The second kappa shape index (κ2) is 7.81. The first kappa shape index (κ1) is 17.6. The number of aromatic nitrogens is 2. The Morgan fingerprint density at radius 3 is 2.59 bits per heavy atom. The van der Waals surface area contributed by atoms with Crippen molar-refractivity contribution in [1.29, 1.82) is 0 Å². The average Bonchev–Trinajstić information content (AvgIpc) is 3.15. The molecule has 0 bridgehead atoms. The third-order valence-electron chi connectivity index (χ3n) is 4.79. The number of hydrogen-bond acceptors (Lipinski definition) is 6. The van der Waals surface area contributed by atoms with Crippen molar-refractivity contribution in [2.45, 2.75) is 12.5 Å². The molecule has 0 spiro atoms.